The number of aromatic nitrogens is 3. The SMILES string of the molecule is CN(C(=O)OCc1ccccc1)c1ccc2cc(-c3nn(COCCS(C)(C)C)c4c3CCC(C)(C)C4)n(COCCS(C)(C)C)c2c1. The first-order chi connectivity index (χ1) is 22.6. The smallest absolute Gasteiger partial charge is 0.414 e. The highest BCUT2D eigenvalue weighted by atomic mass is 32.3. The number of carbonyl (C=O) groups excluding carboxylic acids is 1. The van der Waals surface area contributed by atoms with Crippen LogP contribution in [0.15, 0.2) is 54.6 Å². The van der Waals surface area contributed by atoms with Gasteiger partial charge in [0.15, 0.2) is 0 Å². The molecule has 8 nitrogen and oxygen atoms in total. The van der Waals surface area contributed by atoms with Crippen LogP contribution in [0.5, 0.6) is 0 Å². The van der Waals surface area contributed by atoms with Gasteiger partial charge in [0.25, 0.3) is 0 Å². The van der Waals surface area contributed by atoms with E-state index in [0.29, 0.717) is 20.1 Å². The first kappa shape index (κ1) is 36.4. The molecule has 0 spiro atoms. The molecule has 1 amide bonds. The third kappa shape index (κ3) is 9.40. The molecular formula is C38H56N4O4S2. The Balaban J connectivity index is 1.49. The topological polar surface area (TPSA) is 70.8 Å². The number of anilines is 1. The Labute approximate surface area is 290 Å². The zero-order valence-electron chi connectivity index (χ0n) is 30.5. The molecule has 48 heavy (non-hydrogen) atoms. The van der Waals surface area contributed by atoms with Crippen molar-refractivity contribution in [3.05, 3.63) is 71.4 Å². The summed E-state index contributed by atoms with van der Waals surface area (Å²) in [5, 5.41) is 6.34. The molecule has 0 aliphatic heterocycles. The van der Waals surface area contributed by atoms with Crippen molar-refractivity contribution in [1.29, 1.82) is 0 Å². The molecule has 1 aliphatic rings. The Bertz CT molecular complexity index is 1700. The number of benzene rings is 2. The number of rotatable bonds is 14. The van der Waals surface area contributed by atoms with Gasteiger partial charge >= 0.3 is 6.09 Å². The fraction of sp³-hybridized carbons (Fsp3) is 0.526. The maximum Gasteiger partial charge on any atom is 0.414 e. The highest BCUT2D eigenvalue weighted by Gasteiger charge is 2.32. The number of hydrogen-bond donors (Lipinski definition) is 0. The molecule has 0 unspecified atom stereocenters. The van der Waals surface area contributed by atoms with E-state index in [2.05, 4.69) is 78.8 Å². The van der Waals surface area contributed by atoms with Crippen LogP contribution in [0, 0.1) is 5.41 Å². The standard InChI is InChI=1S/C38H56N4O4S2/c1-38(2)18-17-32-35(25-38)42(28-45-20-22-48(7,8)9)39-36(32)34-23-30-15-16-31(24-33(30)41(34)27-44-19-21-47(4,5)6)40(3)37(43)46-26-29-13-11-10-12-14-29/h10-16,23-24H,17-22,25-28H2,1-9H3. The molecule has 2 heterocycles. The first-order valence-corrected chi connectivity index (χ1v) is 22.8. The van der Waals surface area contributed by atoms with E-state index in [0.717, 1.165) is 70.9 Å². The summed E-state index contributed by atoms with van der Waals surface area (Å²) in [6, 6.07) is 18.1. The maximum absolute atomic E-state index is 13.1. The summed E-state index contributed by atoms with van der Waals surface area (Å²) in [7, 11) is 0.445. The van der Waals surface area contributed by atoms with Gasteiger partial charge in [-0.05, 0) is 86.0 Å². The molecule has 0 radical (unpaired) electrons. The number of ether oxygens (including phenoxy) is 3. The van der Waals surface area contributed by atoms with Crippen LogP contribution < -0.4 is 4.90 Å². The third-order valence-corrected chi connectivity index (χ3v) is 11.8. The molecule has 2 aromatic carbocycles. The summed E-state index contributed by atoms with van der Waals surface area (Å²) in [5.41, 5.74) is 7.54. The van der Waals surface area contributed by atoms with Crippen molar-refractivity contribution in [1.82, 2.24) is 14.3 Å². The highest BCUT2D eigenvalue weighted by Crippen LogP contribution is 2.41. The highest BCUT2D eigenvalue weighted by molar-refractivity contribution is 8.32. The van der Waals surface area contributed by atoms with Crippen LogP contribution in [0.3, 0.4) is 0 Å². The van der Waals surface area contributed by atoms with Crippen molar-refractivity contribution in [2.45, 2.75) is 53.2 Å². The molecule has 4 aromatic rings. The van der Waals surface area contributed by atoms with Gasteiger partial charge in [0, 0.05) is 40.9 Å². The van der Waals surface area contributed by atoms with E-state index in [1.165, 1.54) is 11.3 Å². The zero-order chi connectivity index (χ0) is 34.7. The molecule has 0 saturated carbocycles. The maximum atomic E-state index is 13.1. The minimum absolute atomic E-state index is 0.206. The second kappa shape index (κ2) is 14.9. The molecule has 5 rings (SSSR count). The monoisotopic (exact) mass is 696 g/mol. The second-order valence-electron chi connectivity index (χ2n) is 15.6. The Kier molecular flexibility index (Phi) is 11.3. The van der Waals surface area contributed by atoms with Crippen LogP contribution >= 0.6 is 20.1 Å². The Morgan fingerprint density at radius 3 is 2.25 bits per heavy atom. The Hall–Kier alpha value is -2.92. The average Bonchev–Trinajstić information content (AvgIpc) is 3.55. The van der Waals surface area contributed by atoms with Gasteiger partial charge in [-0.1, -0.05) is 50.2 Å². The molecule has 264 valence electrons. The first-order valence-electron chi connectivity index (χ1n) is 16.7. The van der Waals surface area contributed by atoms with Gasteiger partial charge in [0.2, 0.25) is 0 Å². The molecular weight excluding hydrogens is 641 g/mol. The van der Waals surface area contributed by atoms with Crippen molar-refractivity contribution < 1.29 is 19.0 Å². The van der Waals surface area contributed by atoms with Crippen molar-refractivity contribution in [3.8, 4) is 11.4 Å². The van der Waals surface area contributed by atoms with Crippen LogP contribution in [-0.2, 0) is 47.1 Å². The molecule has 0 bridgehead atoms. The van der Waals surface area contributed by atoms with Crippen LogP contribution in [0.4, 0.5) is 10.5 Å². The van der Waals surface area contributed by atoms with E-state index in [1.807, 2.05) is 36.4 Å². The minimum atomic E-state index is -0.684. The summed E-state index contributed by atoms with van der Waals surface area (Å²) in [4.78, 5) is 14.7. The summed E-state index contributed by atoms with van der Waals surface area (Å²) < 4.78 is 22.6. The van der Waals surface area contributed by atoms with Gasteiger partial charge in [0.05, 0.1) is 24.4 Å². The van der Waals surface area contributed by atoms with Gasteiger partial charge in [-0.15, -0.1) is 0 Å². The summed E-state index contributed by atoms with van der Waals surface area (Å²) in [5.74, 6) is 2.11. The molecule has 1 aliphatic carbocycles. The Morgan fingerprint density at radius 1 is 0.917 bits per heavy atom. The van der Waals surface area contributed by atoms with Gasteiger partial charge in [-0.2, -0.15) is 5.10 Å². The average molecular weight is 697 g/mol. The van der Waals surface area contributed by atoms with Crippen LogP contribution in [0.1, 0.15) is 37.1 Å². The summed E-state index contributed by atoms with van der Waals surface area (Å²) >= 11 is 0. The Morgan fingerprint density at radius 2 is 1.58 bits per heavy atom. The van der Waals surface area contributed by atoms with Crippen LogP contribution in [-0.4, -0.2) is 89.7 Å². The number of carbonyl (C=O) groups is 1. The third-order valence-electron chi connectivity index (χ3n) is 8.98. The van der Waals surface area contributed by atoms with Gasteiger partial charge in [-0.25, -0.2) is 29.5 Å². The van der Waals surface area contributed by atoms with E-state index in [-0.39, 0.29) is 12.0 Å². The van der Waals surface area contributed by atoms with E-state index in [4.69, 9.17) is 19.3 Å². The lowest BCUT2D eigenvalue weighted by Crippen LogP contribution is -2.26. The number of amides is 1. The second-order valence-corrected chi connectivity index (χ2v) is 24.8. The molecule has 2 aromatic heterocycles. The fourth-order valence-electron chi connectivity index (χ4n) is 5.95. The molecule has 0 N–H and O–H groups in total. The molecule has 0 fully saturated rings. The van der Waals surface area contributed by atoms with Crippen molar-refractivity contribution >= 4 is 42.7 Å². The molecule has 10 heteroatoms. The minimum Gasteiger partial charge on any atom is -0.444 e. The summed E-state index contributed by atoms with van der Waals surface area (Å²) in [6.07, 6.45) is 16.6. The largest absolute Gasteiger partial charge is 0.444 e. The van der Waals surface area contributed by atoms with Crippen LogP contribution in [0.25, 0.3) is 22.3 Å². The molecule has 0 atom stereocenters. The normalized spacial score (nSPS) is 15.4. The molecule has 0 saturated heterocycles. The van der Waals surface area contributed by atoms with Gasteiger partial charge in [-0.3, -0.25) is 4.90 Å². The zero-order valence-corrected chi connectivity index (χ0v) is 32.1. The van der Waals surface area contributed by atoms with Crippen molar-refractivity contribution in [2.75, 3.05) is 74.2 Å². The van der Waals surface area contributed by atoms with Gasteiger partial charge < -0.3 is 18.8 Å². The predicted molar refractivity (Wildman–Crippen MR) is 206 cm³/mol. The summed E-state index contributed by atoms with van der Waals surface area (Å²) in [6.45, 7) is 7.20. The number of fused-ring (bicyclic) bond motifs is 2. The fourth-order valence-corrected chi connectivity index (χ4v) is 7.18. The van der Waals surface area contributed by atoms with Crippen molar-refractivity contribution in [3.63, 3.8) is 0 Å². The van der Waals surface area contributed by atoms with Crippen molar-refractivity contribution in [2.24, 2.45) is 5.41 Å². The number of nitrogens with zero attached hydrogens (tertiary/aromatic N) is 4. The van der Waals surface area contributed by atoms with E-state index in [9.17, 15) is 4.79 Å². The predicted octanol–water partition coefficient (Wildman–Crippen LogP) is 8.13. The van der Waals surface area contributed by atoms with E-state index < -0.39 is 26.1 Å². The lowest BCUT2D eigenvalue weighted by Gasteiger charge is -2.30. The van der Waals surface area contributed by atoms with E-state index >= 15 is 0 Å². The van der Waals surface area contributed by atoms with Gasteiger partial charge in [0.1, 0.15) is 25.8 Å². The van der Waals surface area contributed by atoms with E-state index in [1.54, 1.807) is 11.9 Å². The number of hydrogen-bond acceptors (Lipinski definition) is 5. The van der Waals surface area contributed by atoms with Crippen LogP contribution in [0.2, 0.25) is 0 Å². The quantitative estimate of drug-likeness (QED) is 0.125. The lowest BCUT2D eigenvalue weighted by atomic mass is 9.76. The lowest BCUT2D eigenvalue weighted by molar-refractivity contribution is 0.0769.